The highest BCUT2D eigenvalue weighted by atomic mass is 16.6. The molecule has 0 heterocycles. The number of carbonyl (C=O) groups is 3. The van der Waals surface area contributed by atoms with Gasteiger partial charge in [-0.05, 0) is 47.4 Å². The first-order valence-electron chi connectivity index (χ1n) is 11.6. The van der Waals surface area contributed by atoms with Crippen molar-refractivity contribution in [2.24, 2.45) is 11.8 Å². The van der Waals surface area contributed by atoms with E-state index in [9.17, 15) is 14.4 Å². The minimum atomic E-state index is -0.463. The quantitative estimate of drug-likeness (QED) is 0.376. The zero-order valence-electron chi connectivity index (χ0n) is 21.4. The largest absolute Gasteiger partial charge is 0.493 e. The van der Waals surface area contributed by atoms with Gasteiger partial charge in [0.2, 0.25) is 0 Å². The molecular weight excluding hydrogens is 468 g/mol. The average molecular weight is 501 g/mol. The summed E-state index contributed by atoms with van der Waals surface area (Å²) in [6, 6.07) is 9.18. The summed E-state index contributed by atoms with van der Waals surface area (Å²) in [5.74, 6) is -0.0841. The highest BCUT2D eigenvalue weighted by Crippen LogP contribution is 2.48. The van der Waals surface area contributed by atoms with Crippen LogP contribution in [0.1, 0.15) is 43.4 Å². The number of carbonyl (C=O) groups excluding carboxylic acids is 3. The van der Waals surface area contributed by atoms with Crippen molar-refractivity contribution in [1.29, 1.82) is 0 Å². The molecule has 1 aliphatic rings. The number of rotatable bonds is 9. The Bertz CT molecular complexity index is 1120. The van der Waals surface area contributed by atoms with Gasteiger partial charge in [0.05, 0.1) is 34.5 Å². The molecule has 9 heteroatoms. The lowest BCUT2D eigenvalue weighted by Gasteiger charge is -2.40. The van der Waals surface area contributed by atoms with Crippen molar-refractivity contribution >= 4 is 17.9 Å². The van der Waals surface area contributed by atoms with Crippen molar-refractivity contribution in [3.05, 3.63) is 47.0 Å². The van der Waals surface area contributed by atoms with Crippen LogP contribution in [0.5, 0.6) is 23.0 Å². The Labute approximate surface area is 210 Å². The van der Waals surface area contributed by atoms with E-state index in [0.717, 1.165) is 16.7 Å². The number of esters is 3. The van der Waals surface area contributed by atoms with E-state index in [1.54, 1.807) is 26.4 Å². The lowest BCUT2D eigenvalue weighted by atomic mass is 9.66. The van der Waals surface area contributed by atoms with Gasteiger partial charge in [-0.1, -0.05) is 6.07 Å². The predicted octanol–water partition coefficient (Wildman–Crippen LogP) is 3.68. The molecule has 2 aromatic carbocycles. The molecule has 3 atom stereocenters. The molecule has 0 amide bonds. The molecule has 0 aromatic heterocycles. The summed E-state index contributed by atoms with van der Waals surface area (Å²) >= 11 is 0. The molecule has 0 fully saturated rings. The van der Waals surface area contributed by atoms with Crippen LogP contribution in [0.3, 0.4) is 0 Å². The van der Waals surface area contributed by atoms with Crippen LogP contribution in [0.25, 0.3) is 0 Å². The zero-order chi connectivity index (χ0) is 26.4. The van der Waals surface area contributed by atoms with Gasteiger partial charge in [-0.3, -0.25) is 14.4 Å². The first-order valence-corrected chi connectivity index (χ1v) is 11.6. The summed E-state index contributed by atoms with van der Waals surface area (Å²) in [6.07, 6.45) is 0.577. The first-order chi connectivity index (χ1) is 17.2. The molecule has 0 saturated carbocycles. The second-order valence-corrected chi connectivity index (χ2v) is 8.62. The van der Waals surface area contributed by atoms with E-state index < -0.39 is 11.9 Å². The van der Waals surface area contributed by atoms with Crippen LogP contribution >= 0.6 is 0 Å². The van der Waals surface area contributed by atoms with E-state index in [2.05, 4.69) is 0 Å². The Morgan fingerprint density at radius 2 is 1.33 bits per heavy atom. The summed E-state index contributed by atoms with van der Waals surface area (Å²) in [7, 11) is 4.64. The fourth-order valence-electron chi connectivity index (χ4n) is 4.74. The lowest BCUT2D eigenvalue weighted by Crippen LogP contribution is -2.37. The fourth-order valence-corrected chi connectivity index (χ4v) is 4.74. The van der Waals surface area contributed by atoms with E-state index in [1.165, 1.54) is 27.9 Å². The minimum absolute atomic E-state index is 0.119. The van der Waals surface area contributed by atoms with E-state index in [4.69, 9.17) is 28.4 Å². The number of hydrogen-bond acceptors (Lipinski definition) is 9. The molecule has 3 rings (SSSR count). The van der Waals surface area contributed by atoms with Crippen LogP contribution in [0, 0.1) is 11.8 Å². The molecule has 2 aromatic rings. The van der Waals surface area contributed by atoms with Crippen molar-refractivity contribution in [2.45, 2.75) is 33.1 Å². The van der Waals surface area contributed by atoms with Crippen molar-refractivity contribution < 1.29 is 42.8 Å². The molecule has 0 spiro atoms. The maximum atomic E-state index is 11.8. The van der Waals surface area contributed by atoms with E-state index in [0.29, 0.717) is 29.4 Å². The van der Waals surface area contributed by atoms with Gasteiger partial charge in [0.15, 0.2) is 23.0 Å². The van der Waals surface area contributed by atoms with Crippen molar-refractivity contribution in [2.75, 3.05) is 34.5 Å². The highest BCUT2D eigenvalue weighted by Gasteiger charge is 2.40. The number of benzene rings is 2. The lowest BCUT2D eigenvalue weighted by molar-refractivity contribution is -0.147. The van der Waals surface area contributed by atoms with Crippen LogP contribution < -0.4 is 18.9 Å². The van der Waals surface area contributed by atoms with E-state index in [1.807, 2.05) is 18.2 Å². The van der Waals surface area contributed by atoms with Gasteiger partial charge in [-0.15, -0.1) is 0 Å². The third kappa shape index (κ3) is 6.08. The maximum Gasteiger partial charge on any atom is 0.308 e. The molecule has 36 heavy (non-hydrogen) atoms. The Morgan fingerprint density at radius 1 is 0.750 bits per heavy atom. The summed E-state index contributed by atoms with van der Waals surface area (Å²) in [5.41, 5.74) is 2.81. The zero-order valence-corrected chi connectivity index (χ0v) is 21.4. The fraction of sp³-hybridized carbons (Fsp3) is 0.444. The Kier molecular flexibility index (Phi) is 8.79. The normalized spacial score (nSPS) is 18.4. The number of fused-ring (bicyclic) bond motifs is 1. The van der Waals surface area contributed by atoms with Crippen LogP contribution in [0.15, 0.2) is 30.3 Å². The second kappa shape index (κ2) is 11.8. The standard InChI is InChI=1S/C27H32O9/c1-15(28)34-13-20-9-19-11-25(32-5)26(33-6)12-21(19)27(22(20)14-35-16(2)29)18-7-8-23(36-17(3)30)24(10-18)31-4/h7-8,10-12,20,22,27H,9,13-14H2,1-6H3. The number of methoxy groups -OCH3 is 3. The average Bonchev–Trinajstić information content (AvgIpc) is 2.84. The third-order valence-corrected chi connectivity index (χ3v) is 6.28. The molecule has 0 saturated heterocycles. The van der Waals surface area contributed by atoms with Gasteiger partial charge in [0, 0.05) is 38.5 Å². The number of ether oxygens (including phenoxy) is 6. The van der Waals surface area contributed by atoms with Crippen molar-refractivity contribution in [1.82, 2.24) is 0 Å². The second-order valence-electron chi connectivity index (χ2n) is 8.62. The van der Waals surface area contributed by atoms with Gasteiger partial charge in [0.1, 0.15) is 0 Å². The summed E-state index contributed by atoms with van der Waals surface area (Å²) in [5, 5.41) is 0. The van der Waals surface area contributed by atoms with Gasteiger partial charge >= 0.3 is 17.9 Å². The van der Waals surface area contributed by atoms with Crippen molar-refractivity contribution in [3.8, 4) is 23.0 Å². The molecule has 0 bridgehead atoms. The number of hydrogen-bond donors (Lipinski definition) is 0. The molecule has 0 N–H and O–H groups in total. The minimum Gasteiger partial charge on any atom is -0.493 e. The van der Waals surface area contributed by atoms with Gasteiger partial charge < -0.3 is 28.4 Å². The van der Waals surface area contributed by atoms with Gasteiger partial charge in [0.25, 0.3) is 0 Å². The monoisotopic (exact) mass is 500 g/mol. The topological polar surface area (TPSA) is 107 Å². The summed E-state index contributed by atoms with van der Waals surface area (Å²) < 4.78 is 32.8. The smallest absolute Gasteiger partial charge is 0.308 e. The Hall–Kier alpha value is -3.75. The molecule has 0 radical (unpaired) electrons. The summed E-state index contributed by atoms with van der Waals surface area (Å²) in [4.78, 5) is 35.0. The van der Waals surface area contributed by atoms with Gasteiger partial charge in [-0.2, -0.15) is 0 Å². The first kappa shape index (κ1) is 26.8. The van der Waals surface area contributed by atoms with E-state index in [-0.39, 0.29) is 36.9 Å². The molecule has 3 unspecified atom stereocenters. The van der Waals surface area contributed by atoms with Crippen LogP contribution in [0.2, 0.25) is 0 Å². The van der Waals surface area contributed by atoms with Crippen molar-refractivity contribution in [3.63, 3.8) is 0 Å². The highest BCUT2D eigenvalue weighted by molar-refractivity contribution is 5.70. The predicted molar refractivity (Wildman–Crippen MR) is 130 cm³/mol. The molecule has 0 aliphatic heterocycles. The van der Waals surface area contributed by atoms with Crippen LogP contribution in [-0.4, -0.2) is 52.5 Å². The molecule has 9 nitrogen and oxygen atoms in total. The van der Waals surface area contributed by atoms with Crippen LogP contribution in [-0.2, 0) is 30.3 Å². The molecule has 194 valence electrons. The van der Waals surface area contributed by atoms with Crippen LogP contribution in [0.4, 0.5) is 0 Å². The summed E-state index contributed by atoms with van der Waals surface area (Å²) in [6.45, 7) is 4.32. The molecular formula is C27H32O9. The maximum absolute atomic E-state index is 11.8. The third-order valence-electron chi connectivity index (χ3n) is 6.28. The Balaban J connectivity index is 2.20. The Morgan fingerprint density at radius 3 is 1.92 bits per heavy atom. The van der Waals surface area contributed by atoms with E-state index >= 15 is 0 Å². The van der Waals surface area contributed by atoms with Gasteiger partial charge in [-0.25, -0.2) is 0 Å². The SMILES string of the molecule is COc1cc2c(cc1OC)C(c1ccc(OC(C)=O)c(OC)c1)C(COC(C)=O)C(COC(C)=O)C2. The molecule has 1 aliphatic carbocycles.